The number of para-hydroxylation sites is 1. The molecule has 30 heavy (non-hydrogen) atoms. The zero-order valence-electron chi connectivity index (χ0n) is 15.8. The molecule has 10 heteroatoms. The van der Waals surface area contributed by atoms with Crippen LogP contribution in [0.3, 0.4) is 0 Å². The lowest BCUT2D eigenvalue weighted by atomic mass is 10.1. The molecule has 0 fully saturated rings. The van der Waals surface area contributed by atoms with Gasteiger partial charge in [0.2, 0.25) is 0 Å². The lowest BCUT2D eigenvalue weighted by Crippen LogP contribution is -2.15. The van der Waals surface area contributed by atoms with Crippen LogP contribution < -0.4 is 5.32 Å². The lowest BCUT2D eigenvalue weighted by Gasteiger charge is -2.11. The first kappa shape index (κ1) is 19.6. The Labute approximate surface area is 167 Å². The molecule has 0 aliphatic rings. The van der Waals surface area contributed by atoms with Crippen molar-refractivity contribution in [3.05, 3.63) is 65.1 Å². The number of amides is 1. The number of benzene rings is 2. The van der Waals surface area contributed by atoms with Crippen molar-refractivity contribution in [3.63, 3.8) is 0 Å². The van der Waals surface area contributed by atoms with Crippen molar-refractivity contribution < 1.29 is 22.4 Å². The van der Waals surface area contributed by atoms with Crippen LogP contribution in [0.25, 0.3) is 22.4 Å². The third kappa shape index (κ3) is 3.51. The third-order valence-corrected chi connectivity index (χ3v) is 4.54. The summed E-state index contributed by atoms with van der Waals surface area (Å²) >= 11 is 0. The number of carbonyl (C=O) groups excluding carboxylic acids is 1. The van der Waals surface area contributed by atoms with Crippen molar-refractivity contribution in [2.45, 2.75) is 13.1 Å². The molecule has 2 aromatic carbocycles. The Bertz CT molecular complexity index is 1270. The maximum absolute atomic E-state index is 13.4. The van der Waals surface area contributed by atoms with E-state index in [4.69, 9.17) is 0 Å². The van der Waals surface area contributed by atoms with E-state index in [-0.39, 0.29) is 22.5 Å². The number of nitrogens with zero attached hydrogens (tertiary/aromatic N) is 3. The summed E-state index contributed by atoms with van der Waals surface area (Å²) in [7, 11) is 1.67. The second-order valence-corrected chi connectivity index (χ2v) is 6.72. The number of halogens is 4. The number of aromatic amines is 1. The Hall–Kier alpha value is -3.69. The van der Waals surface area contributed by atoms with E-state index in [1.165, 1.54) is 10.7 Å². The molecule has 1 amide bonds. The van der Waals surface area contributed by atoms with Gasteiger partial charge in [0.15, 0.2) is 0 Å². The molecule has 154 valence electrons. The highest BCUT2D eigenvalue weighted by Crippen LogP contribution is 2.37. The van der Waals surface area contributed by atoms with Gasteiger partial charge in [-0.2, -0.15) is 18.3 Å². The second-order valence-electron chi connectivity index (χ2n) is 6.72. The fourth-order valence-electron chi connectivity index (χ4n) is 3.21. The van der Waals surface area contributed by atoms with Gasteiger partial charge in [-0.3, -0.25) is 9.48 Å². The SMILES string of the molecule is Cc1cc(NC(=O)c2cccc3[nH]c(-c4ccc(F)cc4C(F)(F)F)nc23)n(C)n1. The van der Waals surface area contributed by atoms with E-state index >= 15 is 0 Å². The summed E-state index contributed by atoms with van der Waals surface area (Å²) in [4.78, 5) is 19.8. The summed E-state index contributed by atoms with van der Waals surface area (Å²) in [5.41, 5.74) is -0.0159. The Morgan fingerprint density at radius 3 is 2.60 bits per heavy atom. The largest absolute Gasteiger partial charge is 0.417 e. The van der Waals surface area contributed by atoms with Gasteiger partial charge in [-0.15, -0.1) is 0 Å². The smallest absolute Gasteiger partial charge is 0.338 e. The monoisotopic (exact) mass is 417 g/mol. The first-order chi connectivity index (χ1) is 14.1. The van der Waals surface area contributed by atoms with E-state index in [9.17, 15) is 22.4 Å². The van der Waals surface area contributed by atoms with Gasteiger partial charge in [0.05, 0.1) is 22.3 Å². The minimum Gasteiger partial charge on any atom is -0.338 e. The van der Waals surface area contributed by atoms with E-state index in [1.54, 1.807) is 32.2 Å². The number of H-pyrrole nitrogens is 1. The van der Waals surface area contributed by atoms with Crippen LogP contribution in [0, 0.1) is 12.7 Å². The fraction of sp³-hybridized carbons (Fsp3) is 0.150. The molecule has 0 radical (unpaired) electrons. The Morgan fingerprint density at radius 2 is 1.93 bits per heavy atom. The molecule has 0 aliphatic heterocycles. The number of hydrogen-bond donors (Lipinski definition) is 2. The molecule has 2 aromatic heterocycles. The maximum Gasteiger partial charge on any atom is 0.417 e. The third-order valence-electron chi connectivity index (χ3n) is 4.54. The first-order valence-corrected chi connectivity index (χ1v) is 8.81. The number of fused-ring (bicyclic) bond motifs is 1. The fourth-order valence-corrected chi connectivity index (χ4v) is 3.21. The molecule has 2 heterocycles. The van der Waals surface area contributed by atoms with Gasteiger partial charge < -0.3 is 10.3 Å². The Morgan fingerprint density at radius 1 is 1.17 bits per heavy atom. The number of carbonyl (C=O) groups is 1. The summed E-state index contributed by atoms with van der Waals surface area (Å²) in [5, 5.41) is 6.86. The lowest BCUT2D eigenvalue weighted by molar-refractivity contribution is -0.137. The van der Waals surface area contributed by atoms with Crippen LogP contribution >= 0.6 is 0 Å². The normalized spacial score (nSPS) is 11.8. The van der Waals surface area contributed by atoms with E-state index in [2.05, 4.69) is 20.4 Å². The van der Waals surface area contributed by atoms with E-state index in [0.29, 0.717) is 23.1 Å². The van der Waals surface area contributed by atoms with Crippen molar-refractivity contribution in [3.8, 4) is 11.4 Å². The second kappa shape index (κ2) is 6.97. The van der Waals surface area contributed by atoms with Gasteiger partial charge >= 0.3 is 6.18 Å². The molecule has 0 spiro atoms. The minimum atomic E-state index is -4.77. The van der Waals surface area contributed by atoms with Crippen LogP contribution in [0.5, 0.6) is 0 Å². The predicted octanol–water partition coefficient (Wildman–Crippen LogP) is 4.68. The van der Waals surface area contributed by atoms with Gasteiger partial charge in [-0.05, 0) is 37.3 Å². The van der Waals surface area contributed by atoms with Crippen LogP contribution in [-0.4, -0.2) is 25.7 Å². The molecule has 6 nitrogen and oxygen atoms in total. The number of aryl methyl sites for hydroxylation is 2. The van der Waals surface area contributed by atoms with Crippen LogP contribution in [0.4, 0.5) is 23.4 Å². The van der Waals surface area contributed by atoms with Crippen LogP contribution in [0.15, 0.2) is 42.5 Å². The molecule has 0 atom stereocenters. The number of imidazole rings is 1. The van der Waals surface area contributed by atoms with Gasteiger partial charge in [-0.25, -0.2) is 9.37 Å². The molecule has 0 saturated heterocycles. The average Bonchev–Trinajstić information content (AvgIpc) is 3.23. The van der Waals surface area contributed by atoms with Crippen molar-refractivity contribution in [1.82, 2.24) is 19.7 Å². The highest BCUT2D eigenvalue weighted by molar-refractivity contribution is 6.11. The molecule has 0 bridgehead atoms. The summed E-state index contributed by atoms with van der Waals surface area (Å²) in [5.74, 6) is -1.15. The zero-order valence-corrected chi connectivity index (χ0v) is 15.8. The topological polar surface area (TPSA) is 75.6 Å². The molecule has 4 aromatic rings. The van der Waals surface area contributed by atoms with E-state index in [1.807, 2.05) is 0 Å². The number of hydrogen-bond acceptors (Lipinski definition) is 3. The van der Waals surface area contributed by atoms with Gasteiger partial charge in [0.1, 0.15) is 23.0 Å². The van der Waals surface area contributed by atoms with Gasteiger partial charge in [0, 0.05) is 18.7 Å². The number of aromatic nitrogens is 4. The van der Waals surface area contributed by atoms with Gasteiger partial charge in [-0.1, -0.05) is 6.07 Å². The van der Waals surface area contributed by atoms with Crippen LogP contribution in [0.2, 0.25) is 0 Å². The van der Waals surface area contributed by atoms with Crippen molar-refractivity contribution in [1.29, 1.82) is 0 Å². The van der Waals surface area contributed by atoms with Gasteiger partial charge in [0.25, 0.3) is 5.91 Å². The molecular formula is C20H15F4N5O. The summed E-state index contributed by atoms with van der Waals surface area (Å²) in [6.45, 7) is 1.78. The molecule has 0 aliphatic carbocycles. The quantitative estimate of drug-likeness (QED) is 0.475. The van der Waals surface area contributed by atoms with E-state index < -0.39 is 23.5 Å². The number of rotatable bonds is 3. The summed E-state index contributed by atoms with van der Waals surface area (Å²) in [6, 6.07) is 8.73. The molecule has 0 saturated carbocycles. The maximum atomic E-state index is 13.4. The van der Waals surface area contributed by atoms with E-state index in [0.717, 1.165) is 12.1 Å². The molecule has 4 rings (SSSR count). The Balaban J connectivity index is 1.79. The minimum absolute atomic E-state index is 0.117. The summed E-state index contributed by atoms with van der Waals surface area (Å²) in [6.07, 6.45) is -4.77. The predicted molar refractivity (Wildman–Crippen MR) is 102 cm³/mol. The number of anilines is 1. The number of nitrogens with one attached hydrogen (secondary N) is 2. The average molecular weight is 417 g/mol. The highest BCUT2D eigenvalue weighted by Gasteiger charge is 2.35. The molecule has 0 unspecified atom stereocenters. The standard InChI is InChI=1S/C20H15F4N5O/c1-10-8-16(29(2)28-10)26-19(30)13-4-3-5-15-17(13)27-18(25-15)12-7-6-11(21)9-14(12)20(22,23)24/h3-9H,1-2H3,(H,25,27)(H,26,30). The Kier molecular flexibility index (Phi) is 4.56. The van der Waals surface area contributed by atoms with Crippen molar-refractivity contribution >= 4 is 22.8 Å². The highest BCUT2D eigenvalue weighted by atomic mass is 19.4. The summed E-state index contributed by atoms with van der Waals surface area (Å²) < 4.78 is 55.1. The number of alkyl halides is 3. The molecule has 2 N–H and O–H groups in total. The van der Waals surface area contributed by atoms with Crippen LogP contribution in [0.1, 0.15) is 21.6 Å². The zero-order chi connectivity index (χ0) is 21.6. The van der Waals surface area contributed by atoms with Crippen molar-refractivity contribution in [2.75, 3.05) is 5.32 Å². The molecular weight excluding hydrogens is 402 g/mol. The first-order valence-electron chi connectivity index (χ1n) is 8.81. The van der Waals surface area contributed by atoms with Crippen LogP contribution in [-0.2, 0) is 13.2 Å². The van der Waals surface area contributed by atoms with Crippen molar-refractivity contribution in [2.24, 2.45) is 7.05 Å².